The Bertz CT molecular complexity index is 715. The van der Waals surface area contributed by atoms with Crippen LogP contribution in [0.25, 0.3) is 0 Å². The fourth-order valence-corrected chi connectivity index (χ4v) is 2.62. The van der Waals surface area contributed by atoms with Gasteiger partial charge in [-0.2, -0.15) is 13.2 Å². The van der Waals surface area contributed by atoms with Crippen molar-refractivity contribution in [2.24, 2.45) is 5.73 Å². The molecule has 28 heavy (non-hydrogen) atoms. The van der Waals surface area contributed by atoms with Crippen molar-refractivity contribution in [2.75, 3.05) is 5.32 Å². The Labute approximate surface area is 164 Å². The second-order valence-corrected chi connectivity index (χ2v) is 10.0. The molecule has 0 aliphatic carbocycles. The maximum absolute atomic E-state index is 14.3. The van der Waals surface area contributed by atoms with Crippen LogP contribution in [0.3, 0.4) is 0 Å². The predicted octanol–water partition coefficient (Wildman–Crippen LogP) is 4.20. The molecule has 11 heteroatoms. The van der Waals surface area contributed by atoms with Gasteiger partial charge >= 0.3 is 12.3 Å². The standard InChI is InChI=1S/C17H25F4N3O3S/c1-15(2,3)27-14(25)23-11-8-9(7-10(12(11)18)17(19,20)21)13(22)24-28(26)16(4,5)6/h7-8,13,24H,22H2,1-6H3,(H,23,25)/t13-,28?/m0/s1. The number of amides is 1. The molecule has 0 saturated carbocycles. The lowest BCUT2D eigenvalue weighted by molar-refractivity contribution is -0.140. The van der Waals surface area contributed by atoms with E-state index in [0.29, 0.717) is 6.07 Å². The van der Waals surface area contributed by atoms with Gasteiger partial charge in [0.1, 0.15) is 16.5 Å². The van der Waals surface area contributed by atoms with Crippen LogP contribution >= 0.6 is 0 Å². The van der Waals surface area contributed by atoms with E-state index in [-0.39, 0.29) is 5.56 Å². The molecule has 0 saturated heterocycles. The summed E-state index contributed by atoms with van der Waals surface area (Å²) in [5.74, 6) is -1.67. The minimum atomic E-state index is -5.03. The minimum absolute atomic E-state index is 0.211. The van der Waals surface area contributed by atoms with Crippen LogP contribution < -0.4 is 15.8 Å². The highest BCUT2D eigenvalue weighted by molar-refractivity contribution is 7.90. The largest absolute Gasteiger partial charge is 0.598 e. The molecule has 1 rings (SSSR count). The quantitative estimate of drug-likeness (QED) is 0.380. The number of ether oxygens (including phenoxy) is 1. The van der Waals surface area contributed by atoms with Gasteiger partial charge in [-0.3, -0.25) is 5.32 Å². The van der Waals surface area contributed by atoms with Gasteiger partial charge in [0, 0.05) is 11.4 Å². The van der Waals surface area contributed by atoms with Crippen LogP contribution in [0.5, 0.6) is 0 Å². The van der Waals surface area contributed by atoms with Crippen molar-refractivity contribution in [3.8, 4) is 0 Å². The van der Waals surface area contributed by atoms with Crippen molar-refractivity contribution in [2.45, 2.75) is 64.2 Å². The summed E-state index contributed by atoms with van der Waals surface area (Å²) in [6.07, 6.45) is -7.47. The smallest absolute Gasteiger partial charge is 0.419 e. The van der Waals surface area contributed by atoms with Crippen LogP contribution in [-0.4, -0.2) is 21.0 Å². The van der Waals surface area contributed by atoms with Gasteiger partial charge in [-0.25, -0.2) is 9.18 Å². The van der Waals surface area contributed by atoms with E-state index in [0.717, 1.165) is 6.07 Å². The van der Waals surface area contributed by atoms with Gasteiger partial charge in [0.15, 0.2) is 5.82 Å². The molecule has 0 aliphatic rings. The first kappa shape index (κ1) is 24.5. The SMILES string of the molecule is CC(C)(C)OC(=O)Nc1cc([C@@H](N)N[S+]([O-])C(C)(C)C)cc(C(F)(F)F)c1F. The molecule has 0 spiro atoms. The Kier molecular flexibility index (Phi) is 7.38. The first-order chi connectivity index (χ1) is 12.4. The number of carbonyl (C=O) groups excluding carboxylic acids is 1. The number of hydrogen-bond donors (Lipinski definition) is 3. The maximum Gasteiger partial charge on any atom is 0.419 e. The normalized spacial score (nSPS) is 15.1. The van der Waals surface area contributed by atoms with Gasteiger partial charge in [0.05, 0.1) is 11.3 Å². The van der Waals surface area contributed by atoms with Crippen LogP contribution in [0.15, 0.2) is 12.1 Å². The molecule has 0 fully saturated rings. The van der Waals surface area contributed by atoms with E-state index in [1.54, 1.807) is 41.5 Å². The summed E-state index contributed by atoms with van der Waals surface area (Å²) in [4.78, 5) is 11.9. The average Bonchev–Trinajstić information content (AvgIpc) is 2.44. The van der Waals surface area contributed by atoms with E-state index in [9.17, 15) is 26.9 Å². The molecule has 2 atom stereocenters. The Morgan fingerprint density at radius 1 is 1.18 bits per heavy atom. The Balaban J connectivity index is 3.30. The highest BCUT2D eigenvalue weighted by Crippen LogP contribution is 2.36. The van der Waals surface area contributed by atoms with Crippen LogP contribution in [0.1, 0.15) is 58.8 Å². The second kappa shape index (κ2) is 8.44. The van der Waals surface area contributed by atoms with E-state index >= 15 is 0 Å². The van der Waals surface area contributed by atoms with Crippen molar-refractivity contribution in [1.29, 1.82) is 0 Å². The summed E-state index contributed by atoms with van der Waals surface area (Å²) >= 11 is -1.69. The number of benzene rings is 1. The molecule has 0 bridgehead atoms. The minimum Gasteiger partial charge on any atom is -0.598 e. The Morgan fingerprint density at radius 3 is 2.14 bits per heavy atom. The van der Waals surface area contributed by atoms with Crippen LogP contribution in [-0.2, 0) is 22.3 Å². The molecule has 4 N–H and O–H groups in total. The number of halogens is 4. The van der Waals surface area contributed by atoms with E-state index in [2.05, 4.69) is 4.72 Å². The third kappa shape index (κ3) is 7.12. The molecule has 0 aliphatic heterocycles. The molecule has 0 radical (unpaired) electrons. The van der Waals surface area contributed by atoms with Gasteiger partial charge in [0.2, 0.25) is 0 Å². The number of carbonyl (C=O) groups is 1. The van der Waals surface area contributed by atoms with Gasteiger partial charge in [-0.05, 0) is 59.2 Å². The Hall–Kier alpha value is -1.56. The molecule has 1 unspecified atom stereocenters. The van der Waals surface area contributed by atoms with Gasteiger partial charge < -0.3 is 15.0 Å². The molecule has 1 aromatic carbocycles. The van der Waals surface area contributed by atoms with E-state index in [1.807, 2.05) is 5.32 Å². The number of anilines is 1. The third-order valence-corrected chi connectivity index (χ3v) is 4.77. The number of hydrogen-bond acceptors (Lipinski definition) is 5. The monoisotopic (exact) mass is 427 g/mol. The number of nitrogens with one attached hydrogen (secondary N) is 2. The third-order valence-electron chi connectivity index (χ3n) is 3.19. The molecule has 0 heterocycles. The Morgan fingerprint density at radius 2 is 1.71 bits per heavy atom. The highest BCUT2D eigenvalue weighted by atomic mass is 32.2. The van der Waals surface area contributed by atoms with Gasteiger partial charge in [0.25, 0.3) is 0 Å². The second-order valence-electron chi connectivity index (χ2n) is 8.03. The molecule has 1 aromatic rings. The van der Waals surface area contributed by atoms with E-state index in [1.165, 1.54) is 0 Å². The van der Waals surface area contributed by atoms with Crippen molar-refractivity contribution < 1.29 is 31.6 Å². The summed E-state index contributed by atoms with van der Waals surface area (Å²) < 4.78 is 72.9. The van der Waals surface area contributed by atoms with E-state index < -0.39 is 57.2 Å². The van der Waals surface area contributed by atoms with Crippen molar-refractivity contribution in [1.82, 2.24) is 4.72 Å². The molecule has 0 aromatic heterocycles. The van der Waals surface area contributed by atoms with Gasteiger partial charge in [-0.1, -0.05) is 0 Å². The topological polar surface area (TPSA) is 99.4 Å². The lowest BCUT2D eigenvalue weighted by Gasteiger charge is -2.27. The first-order valence-electron chi connectivity index (χ1n) is 8.26. The highest BCUT2D eigenvalue weighted by Gasteiger charge is 2.37. The number of nitrogens with two attached hydrogens (primary N) is 1. The summed E-state index contributed by atoms with van der Waals surface area (Å²) in [7, 11) is 0. The summed E-state index contributed by atoms with van der Waals surface area (Å²) in [5, 5.41) is 1.96. The molecular formula is C17H25F4N3O3S. The number of alkyl halides is 3. The van der Waals surface area contributed by atoms with Gasteiger partial charge in [-0.15, -0.1) is 4.72 Å². The van der Waals surface area contributed by atoms with Crippen molar-refractivity contribution in [3.05, 3.63) is 29.1 Å². The molecule has 6 nitrogen and oxygen atoms in total. The average molecular weight is 427 g/mol. The zero-order valence-electron chi connectivity index (χ0n) is 16.5. The lowest BCUT2D eigenvalue weighted by Crippen LogP contribution is -2.44. The molecule has 1 amide bonds. The summed E-state index contributed by atoms with van der Waals surface area (Å²) in [5.41, 5.74) is 2.30. The number of rotatable bonds is 4. The zero-order valence-corrected chi connectivity index (χ0v) is 17.3. The predicted molar refractivity (Wildman–Crippen MR) is 99.2 cm³/mol. The zero-order chi connectivity index (χ0) is 22.1. The van der Waals surface area contributed by atoms with Crippen molar-refractivity contribution >= 4 is 23.1 Å². The maximum atomic E-state index is 14.3. The first-order valence-corrected chi connectivity index (χ1v) is 9.41. The van der Waals surface area contributed by atoms with E-state index in [4.69, 9.17) is 10.5 Å². The molecule has 160 valence electrons. The summed E-state index contributed by atoms with van der Waals surface area (Å²) in [6, 6.07) is 1.44. The van der Waals surface area contributed by atoms with Crippen LogP contribution in [0, 0.1) is 5.82 Å². The summed E-state index contributed by atoms with van der Waals surface area (Å²) in [6.45, 7) is 9.56. The fourth-order valence-electron chi connectivity index (χ4n) is 1.90. The lowest BCUT2D eigenvalue weighted by atomic mass is 10.1. The van der Waals surface area contributed by atoms with Crippen LogP contribution in [0.2, 0.25) is 0 Å². The fraction of sp³-hybridized carbons (Fsp3) is 0.588. The van der Waals surface area contributed by atoms with Crippen molar-refractivity contribution in [3.63, 3.8) is 0 Å². The molecular weight excluding hydrogens is 402 g/mol. The van der Waals surface area contributed by atoms with Crippen LogP contribution in [0.4, 0.5) is 28.0 Å².